The Morgan fingerprint density at radius 3 is 3.00 bits per heavy atom. The Hall–Kier alpha value is -0.440. The molecule has 1 fully saturated rings. The maximum Gasteiger partial charge on any atom is 0.0852 e. The maximum atomic E-state index is 9.80. The molecular formula is C6H12N2O. The first-order valence-electron chi connectivity index (χ1n) is 3.30. The molecule has 3 heteroatoms. The molecular weight excluding hydrogens is 116 g/mol. The van der Waals surface area contributed by atoms with Gasteiger partial charge in [-0.15, -0.1) is 0 Å². The van der Waals surface area contributed by atoms with E-state index in [1.165, 1.54) is 0 Å². The van der Waals surface area contributed by atoms with Crippen molar-refractivity contribution in [3.8, 4) is 0 Å². The standard InChI is InChI=1S/C6H12N2O/c1-8-3-2-6(5-8)4-7-9/h6H,2-5H2,1H3. The van der Waals surface area contributed by atoms with Gasteiger partial charge in [-0.2, -0.15) is 4.91 Å². The highest BCUT2D eigenvalue weighted by atomic mass is 16.3. The van der Waals surface area contributed by atoms with Gasteiger partial charge in [0.15, 0.2) is 0 Å². The Labute approximate surface area is 55.0 Å². The Morgan fingerprint density at radius 2 is 2.56 bits per heavy atom. The van der Waals surface area contributed by atoms with Crippen LogP contribution in [-0.2, 0) is 0 Å². The van der Waals surface area contributed by atoms with Crippen LogP contribution in [0.5, 0.6) is 0 Å². The van der Waals surface area contributed by atoms with Crippen molar-refractivity contribution in [2.45, 2.75) is 6.42 Å². The lowest BCUT2D eigenvalue weighted by molar-refractivity contribution is 0.397. The third-order valence-corrected chi connectivity index (χ3v) is 1.82. The molecule has 0 N–H and O–H groups in total. The maximum absolute atomic E-state index is 9.80. The van der Waals surface area contributed by atoms with Gasteiger partial charge in [-0.1, -0.05) is 5.18 Å². The highest BCUT2D eigenvalue weighted by Crippen LogP contribution is 2.13. The third-order valence-electron chi connectivity index (χ3n) is 1.82. The van der Waals surface area contributed by atoms with Crippen LogP contribution in [0.2, 0.25) is 0 Å². The highest BCUT2D eigenvalue weighted by molar-refractivity contribution is 4.73. The van der Waals surface area contributed by atoms with Crippen molar-refractivity contribution in [3.63, 3.8) is 0 Å². The van der Waals surface area contributed by atoms with Crippen LogP contribution >= 0.6 is 0 Å². The van der Waals surface area contributed by atoms with Gasteiger partial charge in [-0.05, 0) is 25.9 Å². The van der Waals surface area contributed by atoms with E-state index < -0.39 is 0 Å². The minimum Gasteiger partial charge on any atom is -0.306 e. The first-order chi connectivity index (χ1) is 4.33. The van der Waals surface area contributed by atoms with Crippen LogP contribution in [0.4, 0.5) is 0 Å². The van der Waals surface area contributed by atoms with Crippen molar-refractivity contribution in [1.82, 2.24) is 4.90 Å². The number of likely N-dealkylation sites (tertiary alicyclic amines) is 1. The Kier molecular flexibility index (Phi) is 2.16. The molecule has 0 aromatic carbocycles. The number of hydrogen-bond donors (Lipinski definition) is 0. The topological polar surface area (TPSA) is 32.7 Å². The fourth-order valence-electron chi connectivity index (χ4n) is 1.28. The van der Waals surface area contributed by atoms with Crippen LogP contribution < -0.4 is 0 Å². The molecule has 0 amide bonds. The first kappa shape index (κ1) is 6.68. The van der Waals surface area contributed by atoms with Crippen LogP contribution in [0.3, 0.4) is 0 Å². The molecule has 1 unspecified atom stereocenters. The zero-order chi connectivity index (χ0) is 6.69. The summed E-state index contributed by atoms with van der Waals surface area (Å²) in [5.74, 6) is 0.535. The van der Waals surface area contributed by atoms with E-state index in [0.29, 0.717) is 12.5 Å². The van der Waals surface area contributed by atoms with E-state index in [-0.39, 0.29) is 0 Å². The Balaban J connectivity index is 2.21. The van der Waals surface area contributed by atoms with Gasteiger partial charge in [0.05, 0.1) is 6.54 Å². The van der Waals surface area contributed by atoms with E-state index in [9.17, 15) is 4.91 Å². The third kappa shape index (κ3) is 1.75. The minimum absolute atomic E-state index is 0.504. The van der Waals surface area contributed by atoms with E-state index in [0.717, 1.165) is 19.5 Å². The second-order valence-corrected chi connectivity index (χ2v) is 2.73. The molecule has 1 saturated heterocycles. The van der Waals surface area contributed by atoms with E-state index in [1.807, 2.05) is 0 Å². The monoisotopic (exact) mass is 128 g/mol. The molecule has 52 valence electrons. The molecule has 1 aliphatic rings. The predicted molar refractivity (Wildman–Crippen MR) is 36.3 cm³/mol. The van der Waals surface area contributed by atoms with Crippen LogP contribution in [0.1, 0.15) is 6.42 Å². The molecule has 9 heavy (non-hydrogen) atoms. The Bertz CT molecular complexity index is 105. The van der Waals surface area contributed by atoms with Crippen LogP contribution in [0.25, 0.3) is 0 Å². The lowest BCUT2D eigenvalue weighted by Gasteiger charge is -2.04. The van der Waals surface area contributed by atoms with Crippen LogP contribution in [0.15, 0.2) is 5.18 Å². The smallest absolute Gasteiger partial charge is 0.0852 e. The number of rotatable bonds is 2. The molecule has 0 aromatic heterocycles. The van der Waals surface area contributed by atoms with Crippen LogP contribution in [0, 0.1) is 10.8 Å². The molecule has 0 saturated carbocycles. The van der Waals surface area contributed by atoms with Crippen molar-refractivity contribution >= 4 is 0 Å². The Morgan fingerprint density at radius 1 is 1.78 bits per heavy atom. The largest absolute Gasteiger partial charge is 0.306 e. The second kappa shape index (κ2) is 2.92. The van der Waals surface area contributed by atoms with Crippen molar-refractivity contribution in [2.75, 3.05) is 26.7 Å². The van der Waals surface area contributed by atoms with Crippen LogP contribution in [-0.4, -0.2) is 31.6 Å². The van der Waals surface area contributed by atoms with Gasteiger partial charge in [0.2, 0.25) is 0 Å². The number of nitrogens with zero attached hydrogens (tertiary/aromatic N) is 2. The van der Waals surface area contributed by atoms with Gasteiger partial charge < -0.3 is 4.90 Å². The molecule has 1 heterocycles. The second-order valence-electron chi connectivity index (χ2n) is 2.73. The van der Waals surface area contributed by atoms with E-state index in [1.54, 1.807) is 0 Å². The average Bonchev–Trinajstić information content (AvgIpc) is 2.17. The van der Waals surface area contributed by atoms with Gasteiger partial charge in [-0.3, -0.25) is 0 Å². The predicted octanol–water partition coefficient (Wildman–Crippen LogP) is 0.704. The van der Waals surface area contributed by atoms with Crippen molar-refractivity contribution in [2.24, 2.45) is 11.1 Å². The molecule has 0 bridgehead atoms. The van der Waals surface area contributed by atoms with Gasteiger partial charge in [0.25, 0.3) is 0 Å². The molecule has 1 aliphatic heterocycles. The normalized spacial score (nSPS) is 28.8. The van der Waals surface area contributed by atoms with Gasteiger partial charge in [0.1, 0.15) is 0 Å². The molecule has 0 spiro atoms. The molecule has 0 radical (unpaired) electrons. The zero-order valence-electron chi connectivity index (χ0n) is 5.71. The summed E-state index contributed by atoms with van der Waals surface area (Å²) in [5.41, 5.74) is 0. The zero-order valence-corrected chi connectivity index (χ0v) is 5.71. The fraction of sp³-hybridized carbons (Fsp3) is 1.00. The molecule has 1 rings (SSSR count). The van der Waals surface area contributed by atoms with E-state index >= 15 is 0 Å². The van der Waals surface area contributed by atoms with Crippen molar-refractivity contribution in [3.05, 3.63) is 4.91 Å². The fourth-order valence-corrected chi connectivity index (χ4v) is 1.28. The molecule has 3 nitrogen and oxygen atoms in total. The summed E-state index contributed by atoms with van der Waals surface area (Å²) >= 11 is 0. The minimum atomic E-state index is 0.504. The summed E-state index contributed by atoms with van der Waals surface area (Å²) in [7, 11) is 2.07. The van der Waals surface area contributed by atoms with E-state index in [4.69, 9.17) is 0 Å². The summed E-state index contributed by atoms with van der Waals surface area (Å²) < 4.78 is 0. The van der Waals surface area contributed by atoms with Gasteiger partial charge in [0, 0.05) is 6.54 Å². The number of nitroso groups, excluding NO2 is 1. The van der Waals surface area contributed by atoms with E-state index in [2.05, 4.69) is 17.1 Å². The van der Waals surface area contributed by atoms with Gasteiger partial charge in [-0.25, -0.2) is 0 Å². The number of hydrogen-bond acceptors (Lipinski definition) is 3. The van der Waals surface area contributed by atoms with Crippen molar-refractivity contribution in [1.29, 1.82) is 0 Å². The lowest BCUT2D eigenvalue weighted by atomic mass is 10.1. The summed E-state index contributed by atoms with van der Waals surface area (Å²) in [6.45, 7) is 2.68. The lowest BCUT2D eigenvalue weighted by Crippen LogP contribution is -2.14. The molecule has 1 atom stereocenters. The first-order valence-corrected chi connectivity index (χ1v) is 3.30. The average molecular weight is 128 g/mol. The quantitative estimate of drug-likeness (QED) is 0.513. The molecule has 0 aliphatic carbocycles. The van der Waals surface area contributed by atoms with Crippen molar-refractivity contribution < 1.29 is 0 Å². The summed E-state index contributed by atoms with van der Waals surface area (Å²) in [6, 6.07) is 0. The highest BCUT2D eigenvalue weighted by Gasteiger charge is 2.18. The summed E-state index contributed by atoms with van der Waals surface area (Å²) in [6.07, 6.45) is 1.14. The summed E-state index contributed by atoms with van der Waals surface area (Å²) in [5, 5.41) is 2.88. The molecule has 0 aromatic rings. The SMILES string of the molecule is CN1CCC(CN=O)C1. The van der Waals surface area contributed by atoms with Gasteiger partial charge >= 0.3 is 0 Å². The summed E-state index contributed by atoms with van der Waals surface area (Å²) in [4.78, 5) is 12.0.